The van der Waals surface area contributed by atoms with E-state index in [1.165, 1.54) is 38.6 Å². The third kappa shape index (κ3) is 2.76. The zero-order valence-electron chi connectivity index (χ0n) is 11.8. The zero-order chi connectivity index (χ0) is 13.2. The molecule has 1 N–H and O–H groups in total. The van der Waals surface area contributed by atoms with Gasteiger partial charge in [-0.3, -0.25) is 0 Å². The molecule has 3 rings (SSSR count). The maximum atomic E-state index is 9.53. The van der Waals surface area contributed by atoms with Crippen LogP contribution in [0.1, 0.15) is 50.7 Å². The minimum Gasteiger partial charge on any atom is -0.389 e. The predicted molar refractivity (Wildman–Crippen MR) is 77.1 cm³/mol. The van der Waals surface area contributed by atoms with Crippen molar-refractivity contribution in [3.05, 3.63) is 23.9 Å². The normalized spacial score (nSPS) is 28.8. The summed E-state index contributed by atoms with van der Waals surface area (Å²) >= 11 is 0. The molecule has 3 nitrogen and oxygen atoms in total. The minimum atomic E-state index is -0.425. The van der Waals surface area contributed by atoms with Crippen molar-refractivity contribution in [3.63, 3.8) is 0 Å². The van der Waals surface area contributed by atoms with E-state index in [4.69, 9.17) is 0 Å². The highest BCUT2D eigenvalue weighted by Gasteiger charge is 2.31. The van der Waals surface area contributed by atoms with Crippen molar-refractivity contribution in [2.24, 2.45) is 11.8 Å². The lowest BCUT2D eigenvalue weighted by molar-refractivity contribution is 0.198. The van der Waals surface area contributed by atoms with Crippen LogP contribution in [-0.2, 0) is 0 Å². The highest BCUT2D eigenvalue weighted by atomic mass is 16.3. The second kappa shape index (κ2) is 5.49. The number of hydrogen-bond acceptors (Lipinski definition) is 3. The summed E-state index contributed by atoms with van der Waals surface area (Å²) in [7, 11) is 0. The molecule has 0 spiro atoms. The van der Waals surface area contributed by atoms with Crippen LogP contribution in [0.5, 0.6) is 0 Å². The Bertz CT molecular complexity index is 415. The van der Waals surface area contributed by atoms with Crippen LogP contribution in [0.15, 0.2) is 18.3 Å². The smallest absolute Gasteiger partial charge is 0.128 e. The summed E-state index contributed by atoms with van der Waals surface area (Å²) in [5, 5.41) is 9.53. The van der Waals surface area contributed by atoms with E-state index in [-0.39, 0.29) is 0 Å². The molecule has 1 aromatic heterocycles. The van der Waals surface area contributed by atoms with Gasteiger partial charge in [0.15, 0.2) is 0 Å². The van der Waals surface area contributed by atoms with Gasteiger partial charge in [-0.25, -0.2) is 4.98 Å². The van der Waals surface area contributed by atoms with Crippen molar-refractivity contribution in [2.45, 2.75) is 45.1 Å². The standard InChI is InChI=1S/C16H24N2O/c1-12(19)14-6-7-16(17-10-14)18-9-8-13-4-2-3-5-15(13)11-18/h6-7,10,12-13,15,19H,2-5,8-9,11H2,1H3/t12-,13?,15?/m1/s1. The lowest BCUT2D eigenvalue weighted by Crippen LogP contribution is -2.42. The summed E-state index contributed by atoms with van der Waals surface area (Å²) in [6.07, 6.45) is 8.38. The number of fused-ring (bicyclic) bond motifs is 1. The summed E-state index contributed by atoms with van der Waals surface area (Å²) in [5.74, 6) is 2.91. The van der Waals surface area contributed by atoms with E-state index >= 15 is 0 Å². The van der Waals surface area contributed by atoms with Crippen LogP contribution >= 0.6 is 0 Å². The molecule has 2 unspecified atom stereocenters. The van der Waals surface area contributed by atoms with Crippen molar-refractivity contribution in [1.82, 2.24) is 4.98 Å². The van der Waals surface area contributed by atoms with Gasteiger partial charge in [0.1, 0.15) is 5.82 Å². The van der Waals surface area contributed by atoms with Gasteiger partial charge in [0.25, 0.3) is 0 Å². The first-order valence-corrected chi connectivity index (χ1v) is 7.63. The Hall–Kier alpha value is -1.09. The van der Waals surface area contributed by atoms with E-state index in [1.54, 1.807) is 6.92 Å². The lowest BCUT2D eigenvalue weighted by atomic mass is 9.75. The first-order chi connectivity index (χ1) is 9.24. The number of nitrogens with zero attached hydrogens (tertiary/aromatic N) is 2. The number of aliphatic hydroxyl groups excluding tert-OH is 1. The molecule has 1 aromatic rings. The van der Waals surface area contributed by atoms with Crippen molar-refractivity contribution >= 4 is 5.82 Å². The SMILES string of the molecule is C[C@@H](O)c1ccc(N2CCC3CCCCC3C2)nc1. The van der Waals surface area contributed by atoms with E-state index in [0.29, 0.717) is 0 Å². The summed E-state index contributed by atoms with van der Waals surface area (Å²) < 4.78 is 0. The maximum absolute atomic E-state index is 9.53. The monoisotopic (exact) mass is 260 g/mol. The average Bonchev–Trinajstić information content (AvgIpc) is 2.47. The molecule has 2 aliphatic rings. The maximum Gasteiger partial charge on any atom is 0.128 e. The van der Waals surface area contributed by atoms with Crippen LogP contribution in [-0.4, -0.2) is 23.2 Å². The van der Waals surface area contributed by atoms with Gasteiger partial charge >= 0.3 is 0 Å². The highest BCUT2D eigenvalue weighted by Crippen LogP contribution is 2.37. The molecule has 3 heteroatoms. The van der Waals surface area contributed by atoms with Crippen LogP contribution in [0.25, 0.3) is 0 Å². The van der Waals surface area contributed by atoms with E-state index in [2.05, 4.69) is 16.0 Å². The molecule has 0 aromatic carbocycles. The van der Waals surface area contributed by atoms with E-state index in [9.17, 15) is 5.11 Å². The Morgan fingerprint density at radius 3 is 2.68 bits per heavy atom. The molecule has 0 amide bonds. The van der Waals surface area contributed by atoms with E-state index < -0.39 is 6.10 Å². The quantitative estimate of drug-likeness (QED) is 0.887. The van der Waals surface area contributed by atoms with E-state index in [0.717, 1.165) is 29.8 Å². The van der Waals surface area contributed by atoms with Crippen LogP contribution in [0.2, 0.25) is 0 Å². The summed E-state index contributed by atoms with van der Waals surface area (Å²) in [5.41, 5.74) is 0.899. The molecular formula is C16H24N2O. The molecule has 1 saturated carbocycles. The molecule has 19 heavy (non-hydrogen) atoms. The molecule has 2 heterocycles. The van der Waals surface area contributed by atoms with Crippen molar-refractivity contribution in [2.75, 3.05) is 18.0 Å². The Morgan fingerprint density at radius 1 is 1.21 bits per heavy atom. The summed E-state index contributed by atoms with van der Waals surface area (Å²) in [6.45, 7) is 4.10. The van der Waals surface area contributed by atoms with Gasteiger partial charge in [-0.1, -0.05) is 25.3 Å². The molecule has 1 aliphatic heterocycles. The Labute approximate surface area is 115 Å². The Kier molecular flexibility index (Phi) is 3.74. The molecule has 0 bridgehead atoms. The van der Waals surface area contributed by atoms with Crippen LogP contribution in [0.4, 0.5) is 5.82 Å². The molecule has 2 fully saturated rings. The highest BCUT2D eigenvalue weighted by molar-refractivity contribution is 5.40. The van der Waals surface area contributed by atoms with Gasteiger partial charge in [0, 0.05) is 19.3 Å². The number of aromatic nitrogens is 1. The topological polar surface area (TPSA) is 36.4 Å². The van der Waals surface area contributed by atoms with Gasteiger partial charge in [-0.2, -0.15) is 0 Å². The first kappa shape index (κ1) is 12.9. The predicted octanol–water partition coefficient (Wildman–Crippen LogP) is 3.15. The largest absolute Gasteiger partial charge is 0.389 e. The van der Waals surface area contributed by atoms with Crippen molar-refractivity contribution in [3.8, 4) is 0 Å². The average molecular weight is 260 g/mol. The fraction of sp³-hybridized carbons (Fsp3) is 0.688. The van der Waals surface area contributed by atoms with Crippen molar-refractivity contribution in [1.29, 1.82) is 0 Å². The number of hydrogen-bond donors (Lipinski definition) is 1. The fourth-order valence-electron chi connectivity index (χ4n) is 3.64. The number of rotatable bonds is 2. The fourth-order valence-corrected chi connectivity index (χ4v) is 3.64. The van der Waals surface area contributed by atoms with Gasteiger partial charge < -0.3 is 10.0 Å². The van der Waals surface area contributed by atoms with Crippen LogP contribution < -0.4 is 4.90 Å². The molecule has 1 aliphatic carbocycles. The Morgan fingerprint density at radius 2 is 2.00 bits per heavy atom. The number of pyridine rings is 1. The van der Waals surface area contributed by atoms with Gasteiger partial charge in [0.05, 0.1) is 6.10 Å². The van der Waals surface area contributed by atoms with Crippen molar-refractivity contribution < 1.29 is 5.11 Å². The molecule has 3 atom stereocenters. The van der Waals surface area contributed by atoms with Crippen LogP contribution in [0.3, 0.4) is 0 Å². The third-order valence-electron chi connectivity index (χ3n) is 4.87. The molecular weight excluding hydrogens is 236 g/mol. The summed E-state index contributed by atoms with van der Waals surface area (Å²) in [4.78, 5) is 6.96. The molecule has 1 saturated heterocycles. The second-order valence-electron chi connectivity index (χ2n) is 6.17. The second-order valence-corrected chi connectivity index (χ2v) is 6.17. The van der Waals surface area contributed by atoms with Gasteiger partial charge in [0.2, 0.25) is 0 Å². The minimum absolute atomic E-state index is 0.425. The molecule has 0 radical (unpaired) electrons. The zero-order valence-corrected chi connectivity index (χ0v) is 11.8. The lowest BCUT2D eigenvalue weighted by Gasteiger charge is -2.41. The summed E-state index contributed by atoms with van der Waals surface area (Å²) in [6, 6.07) is 4.06. The molecule has 104 valence electrons. The van der Waals surface area contributed by atoms with Gasteiger partial charge in [-0.05, 0) is 43.2 Å². The van der Waals surface area contributed by atoms with Gasteiger partial charge in [-0.15, -0.1) is 0 Å². The number of anilines is 1. The van der Waals surface area contributed by atoms with Crippen LogP contribution in [0, 0.1) is 11.8 Å². The number of piperidine rings is 1. The van der Waals surface area contributed by atoms with E-state index in [1.807, 2.05) is 12.3 Å². The Balaban J connectivity index is 1.69. The first-order valence-electron chi connectivity index (χ1n) is 7.63. The number of aliphatic hydroxyl groups is 1. The third-order valence-corrected chi connectivity index (χ3v) is 4.87.